The summed E-state index contributed by atoms with van der Waals surface area (Å²) in [4.78, 5) is 0. The fourth-order valence-corrected chi connectivity index (χ4v) is 6.43. The van der Waals surface area contributed by atoms with Gasteiger partial charge in [0, 0.05) is 44.0 Å². The van der Waals surface area contributed by atoms with E-state index in [1.165, 1.54) is 0 Å². The molecule has 0 unspecified atom stereocenters. The second-order valence-electron chi connectivity index (χ2n) is 10.4. The molecule has 0 amide bonds. The second kappa shape index (κ2) is 9.24. The molecule has 0 bridgehead atoms. The van der Waals surface area contributed by atoms with Gasteiger partial charge in [0.2, 0.25) is 0 Å². The van der Waals surface area contributed by atoms with Crippen molar-refractivity contribution in [1.29, 1.82) is 10.5 Å². The van der Waals surface area contributed by atoms with Crippen LogP contribution in [0.25, 0.3) is 66.1 Å². The fraction of sp³-hybridized carbons (Fsp3) is 0. The van der Waals surface area contributed by atoms with E-state index >= 15 is 0 Å². The molecular weight excluding hydrogens is 512 g/mol. The first-order valence-electron chi connectivity index (χ1n) is 13.8. The van der Waals surface area contributed by atoms with Crippen LogP contribution in [0.4, 0.5) is 0 Å². The maximum absolute atomic E-state index is 10.2. The molecule has 194 valence electrons. The van der Waals surface area contributed by atoms with E-state index < -0.39 is 0 Å². The molecule has 0 spiro atoms. The first kappa shape index (κ1) is 23.8. The number of nitrogens with zero attached hydrogens (tertiary/aromatic N) is 4. The highest BCUT2D eigenvalue weighted by atomic mass is 15.0. The average molecular weight is 535 g/mol. The number of aromatic nitrogens is 2. The van der Waals surface area contributed by atoms with Crippen molar-refractivity contribution in [3.05, 3.63) is 145 Å². The highest BCUT2D eigenvalue weighted by Crippen LogP contribution is 2.46. The Morgan fingerprint density at radius 2 is 1.02 bits per heavy atom. The van der Waals surface area contributed by atoms with Crippen molar-refractivity contribution in [2.75, 3.05) is 0 Å². The molecule has 8 rings (SSSR count). The Kier molecular flexibility index (Phi) is 5.22. The molecule has 0 aliphatic heterocycles. The lowest BCUT2D eigenvalue weighted by atomic mass is 9.94. The van der Waals surface area contributed by atoms with Gasteiger partial charge in [0.05, 0.1) is 45.3 Å². The van der Waals surface area contributed by atoms with E-state index in [0.717, 1.165) is 66.1 Å². The zero-order valence-corrected chi connectivity index (χ0v) is 22.5. The smallest absolute Gasteiger partial charge is 0.0998 e. The fourth-order valence-electron chi connectivity index (χ4n) is 6.43. The van der Waals surface area contributed by atoms with Crippen molar-refractivity contribution in [2.24, 2.45) is 0 Å². The van der Waals surface area contributed by atoms with Gasteiger partial charge in [0.25, 0.3) is 0 Å². The van der Waals surface area contributed by atoms with Gasteiger partial charge in [-0.3, -0.25) is 0 Å². The SMILES string of the molecule is N#Cc1ccc(C#N)c(-c2cc3c4ccccc4n(-c4ccccc4)c3c3c4ccccc4n(-c4ccccc4)c23)c1. The number of rotatable bonds is 3. The van der Waals surface area contributed by atoms with Crippen molar-refractivity contribution in [2.45, 2.75) is 0 Å². The monoisotopic (exact) mass is 534 g/mol. The van der Waals surface area contributed by atoms with Crippen LogP contribution < -0.4 is 0 Å². The zero-order chi connectivity index (χ0) is 28.2. The highest BCUT2D eigenvalue weighted by molar-refractivity contribution is 6.29. The van der Waals surface area contributed by atoms with Crippen molar-refractivity contribution < 1.29 is 0 Å². The van der Waals surface area contributed by atoms with Crippen molar-refractivity contribution in [3.8, 4) is 34.6 Å². The minimum Gasteiger partial charge on any atom is -0.309 e. The van der Waals surface area contributed by atoms with Crippen molar-refractivity contribution in [1.82, 2.24) is 9.13 Å². The Labute approximate surface area is 242 Å². The molecule has 0 aliphatic carbocycles. The molecule has 2 aromatic heterocycles. The minimum absolute atomic E-state index is 0.520. The van der Waals surface area contributed by atoms with Gasteiger partial charge in [-0.25, -0.2) is 0 Å². The Morgan fingerprint density at radius 3 is 1.67 bits per heavy atom. The molecule has 0 saturated carbocycles. The van der Waals surface area contributed by atoms with Gasteiger partial charge in [-0.05, 0) is 60.7 Å². The summed E-state index contributed by atoms with van der Waals surface area (Å²) in [6.45, 7) is 0. The number of benzene rings is 6. The summed E-state index contributed by atoms with van der Waals surface area (Å²) in [7, 11) is 0. The summed E-state index contributed by atoms with van der Waals surface area (Å²) in [5.41, 5.74) is 9.13. The van der Waals surface area contributed by atoms with Gasteiger partial charge in [0.15, 0.2) is 0 Å². The Bertz CT molecular complexity index is 2410. The number of para-hydroxylation sites is 4. The molecule has 0 aliphatic rings. The molecule has 8 aromatic rings. The van der Waals surface area contributed by atoms with Crippen LogP contribution in [0.2, 0.25) is 0 Å². The molecule has 0 atom stereocenters. The number of fused-ring (bicyclic) bond motifs is 7. The normalized spacial score (nSPS) is 11.3. The lowest BCUT2D eigenvalue weighted by Crippen LogP contribution is -1.98. The predicted octanol–water partition coefficient (Wildman–Crippen LogP) is 9.29. The van der Waals surface area contributed by atoms with Crippen LogP contribution in [0, 0.1) is 22.7 Å². The molecule has 0 fully saturated rings. The van der Waals surface area contributed by atoms with Crippen LogP contribution in [-0.4, -0.2) is 9.13 Å². The lowest BCUT2D eigenvalue weighted by Gasteiger charge is -2.15. The van der Waals surface area contributed by atoms with Gasteiger partial charge < -0.3 is 9.13 Å². The molecule has 0 N–H and O–H groups in total. The summed E-state index contributed by atoms with van der Waals surface area (Å²) in [6, 6.07) is 50.0. The van der Waals surface area contributed by atoms with E-state index in [9.17, 15) is 10.5 Å². The first-order valence-corrected chi connectivity index (χ1v) is 13.8. The van der Waals surface area contributed by atoms with Gasteiger partial charge in [-0.1, -0.05) is 72.8 Å². The van der Waals surface area contributed by atoms with Crippen LogP contribution >= 0.6 is 0 Å². The van der Waals surface area contributed by atoms with E-state index in [-0.39, 0.29) is 0 Å². The Hall–Kier alpha value is -6.10. The topological polar surface area (TPSA) is 57.4 Å². The summed E-state index contributed by atoms with van der Waals surface area (Å²) in [5.74, 6) is 0. The van der Waals surface area contributed by atoms with Gasteiger partial charge in [0.1, 0.15) is 0 Å². The highest BCUT2D eigenvalue weighted by Gasteiger charge is 2.25. The molecule has 0 radical (unpaired) electrons. The molecule has 2 heterocycles. The summed E-state index contributed by atoms with van der Waals surface area (Å²) < 4.78 is 4.65. The lowest BCUT2D eigenvalue weighted by molar-refractivity contribution is 1.17. The molecule has 0 saturated heterocycles. The molecule has 6 aromatic carbocycles. The van der Waals surface area contributed by atoms with Crippen LogP contribution in [0.1, 0.15) is 11.1 Å². The first-order chi connectivity index (χ1) is 20.8. The van der Waals surface area contributed by atoms with Crippen molar-refractivity contribution in [3.63, 3.8) is 0 Å². The van der Waals surface area contributed by atoms with Crippen LogP contribution in [0.5, 0.6) is 0 Å². The summed E-state index contributed by atoms with van der Waals surface area (Å²) in [6.07, 6.45) is 0. The molecular formula is C38H22N4. The third-order valence-corrected chi connectivity index (χ3v) is 8.16. The number of hydrogen-bond acceptors (Lipinski definition) is 2. The zero-order valence-electron chi connectivity index (χ0n) is 22.5. The minimum atomic E-state index is 0.520. The summed E-state index contributed by atoms with van der Waals surface area (Å²) >= 11 is 0. The molecule has 4 heteroatoms. The second-order valence-corrected chi connectivity index (χ2v) is 10.4. The maximum atomic E-state index is 10.2. The van der Waals surface area contributed by atoms with Gasteiger partial charge in [-0.2, -0.15) is 10.5 Å². The average Bonchev–Trinajstić information content (AvgIpc) is 3.58. The van der Waals surface area contributed by atoms with Gasteiger partial charge >= 0.3 is 0 Å². The Morgan fingerprint density at radius 1 is 0.452 bits per heavy atom. The Balaban J connectivity index is 1.71. The van der Waals surface area contributed by atoms with E-state index in [1.807, 2.05) is 30.3 Å². The number of nitriles is 2. The van der Waals surface area contributed by atoms with E-state index in [0.29, 0.717) is 11.1 Å². The van der Waals surface area contributed by atoms with Crippen LogP contribution in [0.15, 0.2) is 133 Å². The van der Waals surface area contributed by atoms with E-state index in [1.54, 1.807) is 12.1 Å². The third kappa shape index (κ3) is 3.33. The summed E-state index contributed by atoms with van der Waals surface area (Å²) in [5, 5.41) is 24.5. The molecule has 4 nitrogen and oxygen atoms in total. The van der Waals surface area contributed by atoms with E-state index in [4.69, 9.17) is 0 Å². The number of hydrogen-bond donors (Lipinski definition) is 0. The largest absolute Gasteiger partial charge is 0.309 e. The van der Waals surface area contributed by atoms with E-state index in [2.05, 4.69) is 112 Å². The predicted molar refractivity (Wildman–Crippen MR) is 170 cm³/mol. The van der Waals surface area contributed by atoms with Crippen molar-refractivity contribution >= 4 is 43.6 Å². The third-order valence-electron chi connectivity index (χ3n) is 8.16. The van der Waals surface area contributed by atoms with Gasteiger partial charge in [-0.15, -0.1) is 0 Å². The van der Waals surface area contributed by atoms with Crippen LogP contribution in [-0.2, 0) is 0 Å². The standard InChI is InChI=1S/C38H22N4/c39-23-25-19-20-26(24-40)31(21-25)33-22-32-29-15-7-9-17-34(29)41(27-11-3-1-4-12-27)37(32)36-30-16-8-10-18-35(30)42(38(33)36)28-13-5-2-6-14-28/h1-22H. The quantitative estimate of drug-likeness (QED) is 0.227. The van der Waals surface area contributed by atoms with Crippen LogP contribution in [0.3, 0.4) is 0 Å². The maximum Gasteiger partial charge on any atom is 0.0998 e. The molecule has 42 heavy (non-hydrogen) atoms.